The molecule has 6 nitrogen and oxygen atoms in total. The molecule has 0 radical (unpaired) electrons. The molecule has 1 aromatic rings. The first-order chi connectivity index (χ1) is 13.4. The van der Waals surface area contributed by atoms with Gasteiger partial charge in [-0.05, 0) is 56.4 Å². The molecule has 2 fully saturated rings. The number of carboxylic acid groups (broad SMARTS) is 1. The van der Waals surface area contributed by atoms with Gasteiger partial charge < -0.3 is 16.2 Å². The molecule has 1 aromatic carbocycles. The Kier molecular flexibility index (Phi) is 6.18. The fraction of sp³-hybridized carbons (Fsp3) is 0.591. The molecule has 4 unspecified atom stereocenters. The zero-order valence-electron chi connectivity index (χ0n) is 16.5. The van der Waals surface area contributed by atoms with Crippen molar-refractivity contribution >= 4 is 17.6 Å². The third kappa shape index (κ3) is 3.97. The van der Waals surface area contributed by atoms with Gasteiger partial charge in [-0.25, -0.2) is 0 Å². The van der Waals surface area contributed by atoms with Gasteiger partial charge >= 0.3 is 5.97 Å². The maximum Gasteiger partial charge on any atom is 0.306 e. The Bertz CT molecular complexity index is 738. The van der Waals surface area contributed by atoms with Crippen molar-refractivity contribution in [3.8, 4) is 0 Å². The number of piperidine rings is 1. The van der Waals surface area contributed by atoms with E-state index >= 15 is 0 Å². The number of Topliss-reactive ketones (excluding diaryl/α,β-unsaturated/α-hetero) is 1. The monoisotopic (exact) mass is 385 g/mol. The molecule has 0 amide bonds. The van der Waals surface area contributed by atoms with Gasteiger partial charge in [0.2, 0.25) is 0 Å². The molecular weight excluding hydrogens is 354 g/mol. The summed E-state index contributed by atoms with van der Waals surface area (Å²) in [7, 11) is 0. The summed E-state index contributed by atoms with van der Waals surface area (Å²) in [5.41, 5.74) is 6.67. The number of benzene rings is 1. The molecule has 3 rings (SSSR count). The van der Waals surface area contributed by atoms with Crippen LogP contribution in [0.25, 0.3) is 0 Å². The lowest BCUT2D eigenvalue weighted by molar-refractivity contribution is -0.145. The Morgan fingerprint density at radius 3 is 2.50 bits per heavy atom. The van der Waals surface area contributed by atoms with Crippen molar-refractivity contribution in [2.45, 2.75) is 45.4 Å². The number of ketones is 1. The minimum absolute atomic E-state index is 0.0167. The summed E-state index contributed by atoms with van der Waals surface area (Å²) in [6.07, 6.45) is 5.07. The van der Waals surface area contributed by atoms with E-state index in [1.807, 2.05) is 6.92 Å². The largest absolute Gasteiger partial charge is 0.481 e. The number of carboxylic acids is 1. The van der Waals surface area contributed by atoms with E-state index in [-0.39, 0.29) is 34.8 Å². The van der Waals surface area contributed by atoms with Crippen molar-refractivity contribution in [3.63, 3.8) is 0 Å². The summed E-state index contributed by atoms with van der Waals surface area (Å²) < 4.78 is 0. The normalized spacial score (nSPS) is 28.6. The highest BCUT2D eigenvalue weighted by molar-refractivity contribution is 6.00. The van der Waals surface area contributed by atoms with Crippen molar-refractivity contribution in [3.05, 3.63) is 35.4 Å². The minimum Gasteiger partial charge on any atom is -0.481 e. The second-order valence-electron chi connectivity index (χ2n) is 8.44. The van der Waals surface area contributed by atoms with E-state index in [4.69, 9.17) is 11.1 Å². The van der Waals surface area contributed by atoms with Crippen LogP contribution in [0.5, 0.6) is 0 Å². The molecule has 6 heteroatoms. The first-order valence-electron chi connectivity index (χ1n) is 10.3. The average molecular weight is 386 g/mol. The van der Waals surface area contributed by atoms with E-state index in [0.717, 1.165) is 38.8 Å². The van der Waals surface area contributed by atoms with E-state index < -0.39 is 5.97 Å². The van der Waals surface area contributed by atoms with Crippen LogP contribution in [-0.4, -0.2) is 35.8 Å². The Morgan fingerprint density at radius 2 is 1.96 bits per heavy atom. The van der Waals surface area contributed by atoms with Crippen LogP contribution in [0.4, 0.5) is 0 Å². The van der Waals surface area contributed by atoms with Gasteiger partial charge in [-0.2, -0.15) is 0 Å². The van der Waals surface area contributed by atoms with Crippen LogP contribution < -0.4 is 11.1 Å². The van der Waals surface area contributed by atoms with E-state index in [1.165, 1.54) is 0 Å². The second-order valence-corrected chi connectivity index (χ2v) is 8.44. The number of nitrogens with two attached hydrogens (primary N) is 1. The standard InChI is InChI=1S/C22H31N3O3/c1-2-17(21(27)28)16-8-10-22(9-3-11-25-13-22)18(12-16)19(26)14-4-6-15(7-5-14)20(23)24/h4-7,16-18,25H,2-3,8-13H2,1H3,(H3,23,24)(H,27,28). The maximum absolute atomic E-state index is 13.5. The topological polar surface area (TPSA) is 116 Å². The van der Waals surface area contributed by atoms with Crippen LogP contribution in [0.15, 0.2) is 24.3 Å². The molecule has 2 aliphatic rings. The van der Waals surface area contributed by atoms with Crippen molar-refractivity contribution < 1.29 is 14.7 Å². The number of carbonyl (C=O) groups is 2. The number of nitrogen functional groups attached to an aromatic ring is 1. The van der Waals surface area contributed by atoms with E-state index in [2.05, 4.69) is 5.32 Å². The minimum atomic E-state index is -0.748. The van der Waals surface area contributed by atoms with Crippen molar-refractivity contribution in [1.82, 2.24) is 5.32 Å². The first kappa shape index (κ1) is 20.5. The van der Waals surface area contributed by atoms with E-state index in [0.29, 0.717) is 24.0 Å². The zero-order chi connectivity index (χ0) is 20.3. The van der Waals surface area contributed by atoms with Crippen LogP contribution in [0, 0.1) is 28.6 Å². The number of hydrogen-bond donors (Lipinski definition) is 4. The molecule has 1 saturated carbocycles. The third-order valence-corrected chi connectivity index (χ3v) is 6.92. The highest BCUT2D eigenvalue weighted by Gasteiger charge is 2.49. The highest BCUT2D eigenvalue weighted by atomic mass is 16.4. The van der Waals surface area contributed by atoms with Crippen molar-refractivity contribution in [2.75, 3.05) is 13.1 Å². The van der Waals surface area contributed by atoms with Crippen LogP contribution in [0.3, 0.4) is 0 Å². The second kappa shape index (κ2) is 8.43. The maximum atomic E-state index is 13.5. The third-order valence-electron chi connectivity index (χ3n) is 6.92. The van der Waals surface area contributed by atoms with E-state index in [1.54, 1.807) is 24.3 Å². The van der Waals surface area contributed by atoms with Gasteiger partial charge in [0.25, 0.3) is 0 Å². The Morgan fingerprint density at radius 1 is 1.29 bits per heavy atom. The molecule has 28 heavy (non-hydrogen) atoms. The van der Waals surface area contributed by atoms with Crippen LogP contribution >= 0.6 is 0 Å². The Balaban J connectivity index is 1.89. The molecule has 0 bridgehead atoms. The summed E-state index contributed by atoms with van der Waals surface area (Å²) in [4.78, 5) is 25.2. The molecule has 0 aromatic heterocycles. The quantitative estimate of drug-likeness (QED) is 0.341. The number of rotatable bonds is 6. The average Bonchev–Trinajstić information content (AvgIpc) is 2.70. The Hall–Kier alpha value is -2.21. The van der Waals surface area contributed by atoms with Crippen LogP contribution in [0.1, 0.15) is 61.4 Å². The molecule has 1 aliphatic heterocycles. The van der Waals surface area contributed by atoms with Crippen molar-refractivity contribution in [1.29, 1.82) is 5.41 Å². The number of hydrogen-bond acceptors (Lipinski definition) is 4. The molecule has 1 saturated heterocycles. The summed E-state index contributed by atoms with van der Waals surface area (Å²) in [6, 6.07) is 6.93. The molecule has 1 aliphatic carbocycles. The van der Waals surface area contributed by atoms with Gasteiger partial charge in [0.05, 0.1) is 5.92 Å². The number of aliphatic carboxylic acids is 1. The lowest BCUT2D eigenvalue weighted by atomic mass is 9.56. The lowest BCUT2D eigenvalue weighted by Crippen LogP contribution is -2.51. The van der Waals surface area contributed by atoms with Gasteiger partial charge in [-0.15, -0.1) is 0 Å². The predicted molar refractivity (Wildman–Crippen MR) is 109 cm³/mol. The first-order valence-corrected chi connectivity index (χ1v) is 10.3. The molecule has 1 spiro atoms. The fourth-order valence-electron chi connectivity index (χ4n) is 5.30. The Labute approximate surface area is 166 Å². The zero-order valence-corrected chi connectivity index (χ0v) is 16.5. The number of amidine groups is 1. The molecular formula is C22H31N3O3. The number of nitrogens with one attached hydrogen (secondary N) is 2. The van der Waals surface area contributed by atoms with Gasteiger partial charge in [-0.3, -0.25) is 15.0 Å². The summed E-state index contributed by atoms with van der Waals surface area (Å²) >= 11 is 0. The highest BCUT2D eigenvalue weighted by Crippen LogP contribution is 2.50. The predicted octanol–water partition coefficient (Wildman–Crippen LogP) is 3.05. The summed E-state index contributed by atoms with van der Waals surface area (Å²) in [5, 5.41) is 20.6. The van der Waals surface area contributed by atoms with Gasteiger partial charge in [0.1, 0.15) is 5.84 Å². The van der Waals surface area contributed by atoms with Gasteiger partial charge in [0.15, 0.2) is 5.78 Å². The number of carbonyl (C=O) groups excluding carboxylic acids is 1. The van der Waals surface area contributed by atoms with Crippen LogP contribution in [-0.2, 0) is 4.79 Å². The molecule has 152 valence electrons. The summed E-state index contributed by atoms with van der Waals surface area (Å²) in [6.45, 7) is 3.72. The van der Waals surface area contributed by atoms with E-state index in [9.17, 15) is 14.7 Å². The molecule has 1 heterocycles. The fourth-order valence-corrected chi connectivity index (χ4v) is 5.30. The SMILES string of the molecule is CCC(C(=O)O)C1CCC2(CCCNC2)C(C(=O)c2ccc(C(=N)N)cc2)C1. The van der Waals surface area contributed by atoms with Gasteiger partial charge in [0, 0.05) is 23.6 Å². The van der Waals surface area contributed by atoms with Crippen LogP contribution in [0.2, 0.25) is 0 Å². The molecule has 4 atom stereocenters. The smallest absolute Gasteiger partial charge is 0.306 e. The van der Waals surface area contributed by atoms with Crippen molar-refractivity contribution in [2.24, 2.45) is 28.9 Å². The van der Waals surface area contributed by atoms with Gasteiger partial charge in [-0.1, -0.05) is 31.2 Å². The molecule has 5 N–H and O–H groups in total. The summed E-state index contributed by atoms with van der Waals surface area (Å²) in [5.74, 6) is -1.18. The lowest BCUT2D eigenvalue weighted by Gasteiger charge is -2.49.